The third kappa shape index (κ3) is 3.18. The van der Waals surface area contributed by atoms with Gasteiger partial charge < -0.3 is 9.47 Å². The number of hydrogen-bond acceptors (Lipinski definition) is 2. The van der Waals surface area contributed by atoms with Crippen LogP contribution in [-0.4, -0.2) is 24.2 Å². The summed E-state index contributed by atoms with van der Waals surface area (Å²) in [5.74, 6) is 0.910. The van der Waals surface area contributed by atoms with Crippen LogP contribution in [0.5, 0.6) is 5.75 Å². The number of halogens is 1. The second-order valence-corrected chi connectivity index (χ2v) is 5.28. The fourth-order valence-electron chi connectivity index (χ4n) is 2.24. The normalized spacial score (nSPS) is 26.7. The highest BCUT2D eigenvalue weighted by Gasteiger charge is 2.42. The predicted octanol–water partition coefficient (Wildman–Crippen LogP) is 3.80. The maximum atomic E-state index is 6.12. The molecule has 18 heavy (non-hydrogen) atoms. The van der Waals surface area contributed by atoms with Crippen LogP contribution in [0.25, 0.3) is 0 Å². The molecule has 0 bridgehead atoms. The van der Waals surface area contributed by atoms with E-state index in [-0.39, 0.29) is 17.6 Å². The second-order valence-electron chi connectivity index (χ2n) is 4.72. The lowest BCUT2D eigenvalue weighted by atomic mass is 9.91. The smallest absolute Gasteiger partial charge is 0.128 e. The highest BCUT2D eigenvalue weighted by Crippen LogP contribution is 2.33. The zero-order valence-electron chi connectivity index (χ0n) is 11.1. The molecule has 1 aliphatic carbocycles. The lowest BCUT2D eigenvalue weighted by Gasteiger charge is -2.40. The van der Waals surface area contributed by atoms with E-state index >= 15 is 0 Å². The van der Waals surface area contributed by atoms with E-state index in [0.717, 1.165) is 18.6 Å². The van der Waals surface area contributed by atoms with Gasteiger partial charge in [0.25, 0.3) is 0 Å². The zero-order chi connectivity index (χ0) is 13.0. The fraction of sp³-hybridized carbons (Fsp3) is 0.600. The van der Waals surface area contributed by atoms with Gasteiger partial charge in [-0.25, -0.2) is 0 Å². The Morgan fingerprint density at radius 2 is 1.94 bits per heavy atom. The van der Waals surface area contributed by atoms with Crippen LogP contribution in [0.4, 0.5) is 0 Å². The highest BCUT2D eigenvalue weighted by molar-refractivity contribution is 6.21. The topological polar surface area (TPSA) is 18.5 Å². The van der Waals surface area contributed by atoms with Gasteiger partial charge >= 0.3 is 0 Å². The van der Waals surface area contributed by atoms with Crippen LogP contribution in [0.3, 0.4) is 0 Å². The average molecular weight is 269 g/mol. The minimum absolute atomic E-state index is 0.0342. The molecule has 0 aliphatic heterocycles. The van der Waals surface area contributed by atoms with Crippen LogP contribution >= 0.6 is 11.6 Å². The van der Waals surface area contributed by atoms with Crippen molar-refractivity contribution in [1.82, 2.24) is 0 Å². The molecule has 2 rings (SSSR count). The quantitative estimate of drug-likeness (QED) is 0.731. The molecular formula is C15H21ClO2. The maximum Gasteiger partial charge on any atom is 0.128 e. The average Bonchev–Trinajstić information content (AvgIpc) is 2.38. The van der Waals surface area contributed by atoms with E-state index in [0.29, 0.717) is 6.61 Å². The first-order valence-corrected chi connectivity index (χ1v) is 7.19. The zero-order valence-corrected chi connectivity index (χ0v) is 11.8. The summed E-state index contributed by atoms with van der Waals surface area (Å²) in [5.41, 5.74) is 1.36. The lowest BCUT2D eigenvalue weighted by Crippen LogP contribution is -2.52. The van der Waals surface area contributed by atoms with Crippen molar-refractivity contribution in [3.05, 3.63) is 29.8 Å². The van der Waals surface area contributed by atoms with Crippen molar-refractivity contribution in [2.45, 2.75) is 50.7 Å². The van der Waals surface area contributed by atoms with Crippen LogP contribution in [0.2, 0.25) is 0 Å². The first-order valence-electron chi connectivity index (χ1n) is 6.75. The van der Waals surface area contributed by atoms with E-state index in [9.17, 15) is 0 Å². The van der Waals surface area contributed by atoms with Crippen molar-refractivity contribution < 1.29 is 9.47 Å². The summed E-state index contributed by atoms with van der Waals surface area (Å²) in [6, 6.07) is 8.34. The third-order valence-electron chi connectivity index (χ3n) is 3.29. The van der Waals surface area contributed by atoms with E-state index < -0.39 is 0 Å². The molecule has 3 heteroatoms. The Kier molecular flexibility index (Phi) is 4.90. The van der Waals surface area contributed by atoms with E-state index in [4.69, 9.17) is 21.1 Å². The molecule has 100 valence electrons. The van der Waals surface area contributed by atoms with Crippen LogP contribution in [0.1, 0.15) is 32.3 Å². The van der Waals surface area contributed by atoms with Crippen LogP contribution in [0, 0.1) is 0 Å². The SMILES string of the molecule is CCCc1ccc(OC2CC(Cl)C2OCC)cc1. The Labute approximate surface area is 114 Å². The number of hydrogen-bond donors (Lipinski definition) is 0. The van der Waals surface area contributed by atoms with E-state index in [1.165, 1.54) is 12.0 Å². The molecule has 0 aromatic heterocycles. The molecule has 0 heterocycles. The Hall–Kier alpha value is -0.730. The predicted molar refractivity (Wildman–Crippen MR) is 74.5 cm³/mol. The number of rotatable bonds is 6. The summed E-state index contributed by atoms with van der Waals surface area (Å²) in [5, 5.41) is 0.0920. The van der Waals surface area contributed by atoms with Gasteiger partial charge in [0.2, 0.25) is 0 Å². The van der Waals surface area contributed by atoms with Crippen molar-refractivity contribution in [2.24, 2.45) is 0 Å². The van der Waals surface area contributed by atoms with E-state index in [2.05, 4.69) is 19.1 Å². The molecule has 2 nitrogen and oxygen atoms in total. The summed E-state index contributed by atoms with van der Waals surface area (Å²) in [4.78, 5) is 0. The molecule has 1 fully saturated rings. The number of aryl methyl sites for hydroxylation is 1. The molecule has 1 aliphatic rings. The second kappa shape index (κ2) is 6.44. The number of alkyl halides is 1. The van der Waals surface area contributed by atoms with Gasteiger partial charge in [-0.05, 0) is 31.0 Å². The van der Waals surface area contributed by atoms with Gasteiger partial charge in [-0.2, -0.15) is 0 Å². The van der Waals surface area contributed by atoms with Crippen molar-refractivity contribution in [2.75, 3.05) is 6.61 Å². The van der Waals surface area contributed by atoms with Gasteiger partial charge in [-0.1, -0.05) is 25.5 Å². The largest absolute Gasteiger partial charge is 0.488 e. The summed E-state index contributed by atoms with van der Waals surface area (Å²) in [6.07, 6.45) is 3.29. The van der Waals surface area contributed by atoms with Crippen molar-refractivity contribution in [3.8, 4) is 5.75 Å². The number of benzene rings is 1. The Morgan fingerprint density at radius 1 is 1.22 bits per heavy atom. The van der Waals surface area contributed by atoms with Gasteiger partial charge in [0, 0.05) is 13.0 Å². The molecule has 3 unspecified atom stereocenters. The van der Waals surface area contributed by atoms with Crippen LogP contribution < -0.4 is 4.74 Å². The van der Waals surface area contributed by atoms with Crippen molar-refractivity contribution >= 4 is 11.6 Å². The molecule has 1 aromatic rings. The first kappa shape index (κ1) is 13.7. The van der Waals surface area contributed by atoms with E-state index in [1.807, 2.05) is 19.1 Å². The minimum atomic E-state index is 0.0342. The molecule has 1 aromatic carbocycles. The minimum Gasteiger partial charge on any atom is -0.488 e. The van der Waals surface area contributed by atoms with Crippen molar-refractivity contribution in [1.29, 1.82) is 0 Å². The van der Waals surface area contributed by atoms with Crippen molar-refractivity contribution in [3.63, 3.8) is 0 Å². The molecule has 0 saturated heterocycles. The third-order valence-corrected chi connectivity index (χ3v) is 3.72. The molecule has 0 amide bonds. The fourth-order valence-corrected chi connectivity index (χ4v) is 2.66. The standard InChI is InChI=1S/C15H21ClO2/c1-3-5-11-6-8-12(9-7-11)18-14-10-13(16)15(14)17-4-2/h6-9,13-15H,3-5,10H2,1-2H3. The molecule has 0 radical (unpaired) electrons. The monoisotopic (exact) mass is 268 g/mol. The Bertz CT molecular complexity index is 363. The van der Waals surface area contributed by atoms with Gasteiger partial charge in [0.15, 0.2) is 0 Å². The maximum absolute atomic E-state index is 6.12. The molecule has 0 N–H and O–H groups in total. The first-order chi connectivity index (χ1) is 8.74. The summed E-state index contributed by atoms with van der Waals surface area (Å²) in [6.45, 7) is 4.85. The van der Waals surface area contributed by atoms with Gasteiger partial charge in [0.05, 0.1) is 5.38 Å². The highest BCUT2D eigenvalue weighted by atomic mass is 35.5. The van der Waals surface area contributed by atoms with Crippen LogP contribution in [0.15, 0.2) is 24.3 Å². The lowest BCUT2D eigenvalue weighted by molar-refractivity contribution is -0.0759. The Balaban J connectivity index is 1.89. The Morgan fingerprint density at radius 3 is 2.50 bits per heavy atom. The van der Waals surface area contributed by atoms with E-state index in [1.54, 1.807) is 0 Å². The van der Waals surface area contributed by atoms with Gasteiger partial charge in [0.1, 0.15) is 18.0 Å². The van der Waals surface area contributed by atoms with Gasteiger partial charge in [-0.15, -0.1) is 11.6 Å². The van der Waals surface area contributed by atoms with Gasteiger partial charge in [-0.3, -0.25) is 0 Å². The molecule has 0 spiro atoms. The molecular weight excluding hydrogens is 248 g/mol. The number of ether oxygens (including phenoxy) is 2. The summed E-state index contributed by atoms with van der Waals surface area (Å²) in [7, 11) is 0. The molecule has 3 atom stereocenters. The molecule has 1 saturated carbocycles. The van der Waals surface area contributed by atoms with Crippen LogP contribution in [-0.2, 0) is 11.2 Å². The summed E-state index contributed by atoms with van der Waals surface area (Å²) >= 11 is 6.12. The summed E-state index contributed by atoms with van der Waals surface area (Å²) < 4.78 is 11.5.